The molecule has 20 heavy (non-hydrogen) atoms. The summed E-state index contributed by atoms with van der Waals surface area (Å²) in [6.07, 6.45) is 3.65. The van der Waals surface area contributed by atoms with Gasteiger partial charge >= 0.3 is 5.97 Å². The summed E-state index contributed by atoms with van der Waals surface area (Å²) >= 11 is 0. The Bertz CT molecular complexity index is 439. The van der Waals surface area contributed by atoms with Crippen molar-refractivity contribution in [2.24, 2.45) is 11.8 Å². The molecular weight excluding hydrogens is 254 g/mol. The lowest BCUT2D eigenvalue weighted by Gasteiger charge is -2.26. The van der Waals surface area contributed by atoms with Crippen molar-refractivity contribution in [2.75, 3.05) is 13.7 Å². The summed E-state index contributed by atoms with van der Waals surface area (Å²) in [5.74, 6) is 0.751. The zero-order valence-corrected chi connectivity index (χ0v) is 12.0. The Labute approximate surface area is 120 Å². The molecule has 0 amide bonds. The van der Waals surface area contributed by atoms with Gasteiger partial charge in [-0.2, -0.15) is 0 Å². The van der Waals surface area contributed by atoms with Crippen molar-refractivity contribution in [3.63, 3.8) is 0 Å². The van der Waals surface area contributed by atoms with Gasteiger partial charge in [-0.25, -0.2) is 0 Å². The van der Waals surface area contributed by atoms with E-state index in [1.807, 2.05) is 18.2 Å². The van der Waals surface area contributed by atoms with Crippen LogP contribution in [0.2, 0.25) is 0 Å². The van der Waals surface area contributed by atoms with Crippen molar-refractivity contribution in [3.05, 3.63) is 29.8 Å². The summed E-state index contributed by atoms with van der Waals surface area (Å²) in [6.45, 7) is 1.74. The first-order chi connectivity index (χ1) is 9.70. The molecule has 110 valence electrons. The highest BCUT2D eigenvalue weighted by Crippen LogP contribution is 2.28. The number of carboxylic acids is 1. The molecule has 0 aromatic heterocycles. The lowest BCUT2D eigenvalue weighted by Crippen LogP contribution is -2.28. The third-order valence-electron chi connectivity index (χ3n) is 4.14. The zero-order valence-electron chi connectivity index (χ0n) is 12.0. The van der Waals surface area contributed by atoms with E-state index in [4.69, 9.17) is 9.84 Å². The fraction of sp³-hybridized carbons (Fsp3) is 0.562. The average Bonchev–Trinajstić information content (AvgIpc) is 2.48. The van der Waals surface area contributed by atoms with Gasteiger partial charge in [0.25, 0.3) is 0 Å². The number of hydrogen-bond acceptors (Lipinski definition) is 3. The maximum absolute atomic E-state index is 10.9. The molecule has 2 rings (SSSR count). The van der Waals surface area contributed by atoms with Gasteiger partial charge < -0.3 is 15.2 Å². The van der Waals surface area contributed by atoms with Crippen LogP contribution in [0.3, 0.4) is 0 Å². The SMILES string of the molecule is COc1ccccc1CNCC1CCC(C(=O)O)CC1. The van der Waals surface area contributed by atoms with Gasteiger partial charge in [-0.1, -0.05) is 18.2 Å². The lowest BCUT2D eigenvalue weighted by molar-refractivity contribution is -0.143. The largest absolute Gasteiger partial charge is 0.496 e. The maximum atomic E-state index is 10.9. The number of ether oxygens (including phenoxy) is 1. The molecule has 1 saturated carbocycles. The molecule has 0 spiro atoms. The Kier molecular flexibility index (Phi) is 5.41. The standard InChI is InChI=1S/C16H23NO3/c1-20-15-5-3-2-4-14(15)11-17-10-12-6-8-13(9-7-12)16(18)19/h2-5,12-13,17H,6-11H2,1H3,(H,18,19). The van der Waals surface area contributed by atoms with E-state index >= 15 is 0 Å². The number of hydrogen-bond donors (Lipinski definition) is 2. The fourth-order valence-corrected chi connectivity index (χ4v) is 2.87. The highest BCUT2D eigenvalue weighted by Gasteiger charge is 2.25. The van der Waals surface area contributed by atoms with Crippen molar-refractivity contribution < 1.29 is 14.6 Å². The van der Waals surface area contributed by atoms with Crippen LogP contribution >= 0.6 is 0 Å². The Morgan fingerprint density at radius 3 is 2.65 bits per heavy atom. The van der Waals surface area contributed by atoms with Gasteiger partial charge in [-0.05, 0) is 44.2 Å². The van der Waals surface area contributed by atoms with Gasteiger partial charge in [-0.15, -0.1) is 0 Å². The van der Waals surface area contributed by atoms with E-state index in [1.165, 1.54) is 0 Å². The molecule has 1 aliphatic carbocycles. The minimum atomic E-state index is -0.634. The molecule has 0 atom stereocenters. The quantitative estimate of drug-likeness (QED) is 0.839. The first-order valence-corrected chi connectivity index (χ1v) is 7.26. The van der Waals surface area contributed by atoms with Crippen LogP contribution in [0.1, 0.15) is 31.2 Å². The van der Waals surface area contributed by atoms with E-state index in [0.29, 0.717) is 5.92 Å². The predicted molar refractivity (Wildman–Crippen MR) is 77.8 cm³/mol. The average molecular weight is 277 g/mol. The molecule has 0 bridgehead atoms. The van der Waals surface area contributed by atoms with Crippen LogP contribution in [0, 0.1) is 11.8 Å². The molecule has 1 aromatic rings. The number of carbonyl (C=O) groups is 1. The summed E-state index contributed by atoms with van der Waals surface area (Å²) in [5.41, 5.74) is 1.16. The molecule has 2 N–H and O–H groups in total. The third-order valence-corrected chi connectivity index (χ3v) is 4.14. The van der Waals surface area contributed by atoms with Crippen molar-refractivity contribution in [1.29, 1.82) is 0 Å². The van der Waals surface area contributed by atoms with Crippen LogP contribution in [-0.2, 0) is 11.3 Å². The highest BCUT2D eigenvalue weighted by atomic mass is 16.5. The van der Waals surface area contributed by atoms with Crippen LogP contribution in [0.4, 0.5) is 0 Å². The van der Waals surface area contributed by atoms with E-state index in [1.54, 1.807) is 7.11 Å². The fourth-order valence-electron chi connectivity index (χ4n) is 2.87. The van der Waals surface area contributed by atoms with Crippen molar-refractivity contribution in [3.8, 4) is 5.75 Å². The van der Waals surface area contributed by atoms with Crippen LogP contribution in [-0.4, -0.2) is 24.7 Å². The van der Waals surface area contributed by atoms with E-state index in [9.17, 15) is 4.79 Å². The smallest absolute Gasteiger partial charge is 0.306 e. The number of carboxylic acid groups (broad SMARTS) is 1. The molecule has 0 aliphatic heterocycles. The minimum Gasteiger partial charge on any atom is -0.496 e. The third kappa shape index (κ3) is 3.97. The lowest BCUT2D eigenvalue weighted by atomic mass is 9.82. The summed E-state index contributed by atoms with van der Waals surface area (Å²) in [4.78, 5) is 10.9. The summed E-state index contributed by atoms with van der Waals surface area (Å²) in [6, 6.07) is 8.01. The molecule has 0 heterocycles. The summed E-state index contributed by atoms with van der Waals surface area (Å²) in [7, 11) is 1.69. The Morgan fingerprint density at radius 2 is 2.00 bits per heavy atom. The summed E-state index contributed by atoms with van der Waals surface area (Å²) in [5, 5.41) is 12.4. The minimum absolute atomic E-state index is 0.125. The predicted octanol–water partition coefficient (Wildman–Crippen LogP) is 2.68. The second kappa shape index (κ2) is 7.29. The van der Waals surface area contributed by atoms with Crippen LogP contribution in [0.15, 0.2) is 24.3 Å². The van der Waals surface area contributed by atoms with Gasteiger partial charge in [0.05, 0.1) is 13.0 Å². The molecule has 0 unspecified atom stereocenters. The van der Waals surface area contributed by atoms with Crippen molar-refractivity contribution in [2.45, 2.75) is 32.2 Å². The van der Waals surface area contributed by atoms with E-state index in [0.717, 1.165) is 50.1 Å². The van der Waals surface area contributed by atoms with Crippen LogP contribution < -0.4 is 10.1 Å². The van der Waals surface area contributed by atoms with Gasteiger partial charge in [-0.3, -0.25) is 4.79 Å². The molecular formula is C16H23NO3. The van der Waals surface area contributed by atoms with Crippen molar-refractivity contribution in [1.82, 2.24) is 5.32 Å². The van der Waals surface area contributed by atoms with Gasteiger partial charge in [0.2, 0.25) is 0 Å². The first-order valence-electron chi connectivity index (χ1n) is 7.26. The second-order valence-electron chi connectivity index (χ2n) is 5.50. The zero-order chi connectivity index (χ0) is 14.4. The van der Waals surface area contributed by atoms with E-state index in [-0.39, 0.29) is 5.92 Å². The van der Waals surface area contributed by atoms with Crippen LogP contribution in [0.25, 0.3) is 0 Å². The Balaban J connectivity index is 1.73. The maximum Gasteiger partial charge on any atom is 0.306 e. The Hall–Kier alpha value is -1.55. The molecule has 1 fully saturated rings. The second-order valence-corrected chi connectivity index (χ2v) is 5.50. The normalized spacial score (nSPS) is 22.4. The van der Waals surface area contributed by atoms with E-state index < -0.39 is 5.97 Å². The molecule has 0 radical (unpaired) electrons. The molecule has 0 saturated heterocycles. The number of benzene rings is 1. The number of nitrogens with one attached hydrogen (secondary N) is 1. The van der Waals surface area contributed by atoms with Gasteiger partial charge in [0, 0.05) is 12.1 Å². The number of methoxy groups -OCH3 is 1. The van der Waals surface area contributed by atoms with Crippen molar-refractivity contribution >= 4 is 5.97 Å². The van der Waals surface area contributed by atoms with E-state index in [2.05, 4.69) is 11.4 Å². The van der Waals surface area contributed by atoms with Gasteiger partial charge in [0.1, 0.15) is 5.75 Å². The topological polar surface area (TPSA) is 58.6 Å². The number of para-hydroxylation sites is 1. The number of aliphatic carboxylic acids is 1. The molecule has 4 nitrogen and oxygen atoms in total. The Morgan fingerprint density at radius 1 is 1.30 bits per heavy atom. The highest BCUT2D eigenvalue weighted by molar-refractivity contribution is 5.69. The molecule has 1 aromatic carbocycles. The summed E-state index contributed by atoms with van der Waals surface area (Å²) < 4.78 is 5.32. The monoisotopic (exact) mass is 277 g/mol. The molecule has 4 heteroatoms. The first kappa shape index (κ1) is 14.9. The molecule has 1 aliphatic rings. The van der Waals surface area contributed by atoms with Gasteiger partial charge in [0.15, 0.2) is 0 Å². The number of rotatable bonds is 6. The van der Waals surface area contributed by atoms with Crippen LogP contribution in [0.5, 0.6) is 5.75 Å².